The second-order valence-corrected chi connectivity index (χ2v) is 4.71. The molecular weight excluding hydrogens is 176 g/mol. The Kier molecular flexibility index (Phi) is 4.15. The van der Waals surface area contributed by atoms with E-state index in [0.29, 0.717) is 0 Å². The lowest BCUT2D eigenvalue weighted by Crippen LogP contribution is -2.07. The summed E-state index contributed by atoms with van der Waals surface area (Å²) in [6, 6.07) is 0. The molecule has 0 aliphatic heterocycles. The molecule has 0 saturated heterocycles. The first kappa shape index (κ1) is 11.4. The molecule has 0 bridgehead atoms. The van der Waals surface area contributed by atoms with E-state index < -0.39 is 0 Å². The van der Waals surface area contributed by atoms with Crippen molar-refractivity contribution in [3.63, 3.8) is 0 Å². The van der Waals surface area contributed by atoms with E-state index in [0.717, 1.165) is 0 Å². The van der Waals surface area contributed by atoms with E-state index >= 15 is 0 Å². The molecule has 0 amide bonds. The Morgan fingerprint density at radius 3 is 1.69 bits per heavy atom. The first-order valence-electron chi connectivity index (χ1n) is 4.80. The highest BCUT2D eigenvalue weighted by Crippen LogP contribution is 2.53. The Hall–Kier alpha value is 0.350. The minimum Gasteiger partial charge on any atom is -0.165 e. The molecule has 73 valence electrons. The molecule has 0 aromatic carbocycles. The van der Waals surface area contributed by atoms with Crippen LogP contribution in [0.4, 0.5) is 0 Å². The third-order valence-corrected chi connectivity index (χ3v) is 3.76. The zero-order valence-electron chi connectivity index (χ0n) is 9.32. The second kappa shape index (κ2) is 4.72. The first-order chi connectivity index (χ1) is 6.09. The number of hydrogen-bond donors (Lipinski definition) is 0. The van der Waals surface area contributed by atoms with E-state index in [1.54, 1.807) is 5.92 Å². The monoisotopic (exact) mass is 195 g/mol. The fraction of sp³-hybridized carbons (Fsp3) is 0.583. The molecule has 13 heavy (non-hydrogen) atoms. The zero-order valence-corrected chi connectivity index (χ0v) is 10.1. The van der Waals surface area contributed by atoms with Crippen LogP contribution in [0.5, 0.6) is 0 Å². The van der Waals surface area contributed by atoms with Gasteiger partial charge in [0.2, 0.25) is 0 Å². The van der Waals surface area contributed by atoms with E-state index in [2.05, 4.69) is 34.0 Å². The van der Waals surface area contributed by atoms with Crippen LogP contribution in [-0.4, -0.2) is 12.0 Å². The van der Waals surface area contributed by atoms with E-state index in [9.17, 15) is 0 Å². The van der Waals surface area contributed by atoms with E-state index in [1.165, 1.54) is 35.8 Å². The maximum absolute atomic E-state index is 2.25. The van der Waals surface area contributed by atoms with Crippen LogP contribution < -0.4 is 0 Å². The predicted octanol–water partition coefficient (Wildman–Crippen LogP) is 3.71. The summed E-state index contributed by atoms with van der Waals surface area (Å²) < 4.78 is 0. The quantitative estimate of drug-likeness (QED) is 0.661. The topological polar surface area (TPSA) is 0 Å². The van der Waals surface area contributed by atoms with Crippen molar-refractivity contribution in [2.75, 3.05) is 12.0 Å². The number of hydrogen-bond acceptors (Lipinski definition) is 1. The van der Waals surface area contributed by atoms with Gasteiger partial charge in [-0.15, -0.1) is 0 Å². The van der Waals surface area contributed by atoms with E-state index in [4.69, 9.17) is 0 Å². The fourth-order valence-electron chi connectivity index (χ4n) is 1.88. The third-order valence-electron chi connectivity index (χ3n) is 3.15. The summed E-state index contributed by atoms with van der Waals surface area (Å²) in [5.41, 5.74) is 0. The number of rotatable bonds is 3. The van der Waals surface area contributed by atoms with Crippen molar-refractivity contribution in [1.29, 1.82) is 0 Å². The SMILES string of the molecule is CSCC[C]1[C](C)[C](C)[C](C)[C]1C. The van der Waals surface area contributed by atoms with Crippen LogP contribution >= 0.6 is 11.8 Å². The van der Waals surface area contributed by atoms with Crippen LogP contribution in [0.1, 0.15) is 34.1 Å². The Bertz CT molecular complexity index is 141. The summed E-state index contributed by atoms with van der Waals surface area (Å²) >= 11 is 1.93. The molecule has 1 fully saturated rings. The van der Waals surface area contributed by atoms with Gasteiger partial charge in [0.1, 0.15) is 0 Å². The zero-order chi connectivity index (χ0) is 10.0. The Balaban J connectivity index is 2.53. The predicted molar refractivity (Wildman–Crippen MR) is 61.9 cm³/mol. The van der Waals surface area contributed by atoms with Gasteiger partial charge in [0.15, 0.2) is 0 Å². The standard InChI is InChI=1S/C12H19S/c1-8-9(2)11(4)12(10(8)3)6-7-13-5/h6-7H2,1-5H3. The Labute approximate surface area is 87.9 Å². The van der Waals surface area contributed by atoms with Crippen molar-refractivity contribution in [3.05, 3.63) is 29.6 Å². The lowest BCUT2D eigenvalue weighted by Gasteiger charge is -2.18. The lowest BCUT2D eigenvalue weighted by molar-refractivity contribution is 0.869. The average molecular weight is 195 g/mol. The molecule has 5 radical (unpaired) electrons. The molecule has 0 aromatic heterocycles. The summed E-state index contributed by atoms with van der Waals surface area (Å²) in [6.07, 6.45) is 3.40. The van der Waals surface area contributed by atoms with Gasteiger partial charge in [-0.05, 0) is 48.0 Å². The normalized spacial score (nSPS) is 24.7. The molecule has 1 aliphatic carbocycles. The third kappa shape index (κ3) is 2.23. The van der Waals surface area contributed by atoms with Crippen molar-refractivity contribution < 1.29 is 0 Å². The highest BCUT2D eigenvalue weighted by Gasteiger charge is 2.42. The summed E-state index contributed by atoms with van der Waals surface area (Å²) in [7, 11) is 0. The van der Waals surface area contributed by atoms with Gasteiger partial charge in [-0.2, -0.15) is 11.8 Å². The summed E-state index contributed by atoms with van der Waals surface area (Å²) in [4.78, 5) is 0. The summed E-state index contributed by atoms with van der Waals surface area (Å²) in [5, 5.41) is 0. The highest BCUT2D eigenvalue weighted by molar-refractivity contribution is 7.98. The summed E-state index contributed by atoms with van der Waals surface area (Å²) in [6.45, 7) is 8.98. The maximum atomic E-state index is 2.25. The molecule has 0 spiro atoms. The minimum atomic E-state index is 1.23. The molecule has 0 N–H and O–H groups in total. The van der Waals surface area contributed by atoms with Crippen molar-refractivity contribution in [1.82, 2.24) is 0 Å². The van der Waals surface area contributed by atoms with Gasteiger partial charge in [0.25, 0.3) is 0 Å². The van der Waals surface area contributed by atoms with Gasteiger partial charge in [-0.25, -0.2) is 0 Å². The van der Waals surface area contributed by atoms with Crippen LogP contribution in [0, 0.1) is 29.6 Å². The molecule has 0 heterocycles. The van der Waals surface area contributed by atoms with Crippen LogP contribution in [0.15, 0.2) is 0 Å². The van der Waals surface area contributed by atoms with Gasteiger partial charge in [0.05, 0.1) is 0 Å². The Morgan fingerprint density at radius 2 is 1.31 bits per heavy atom. The van der Waals surface area contributed by atoms with Crippen LogP contribution in [-0.2, 0) is 0 Å². The molecule has 1 aliphatic rings. The van der Waals surface area contributed by atoms with Crippen molar-refractivity contribution in [2.45, 2.75) is 34.1 Å². The average Bonchev–Trinajstić information content (AvgIpc) is 2.30. The highest BCUT2D eigenvalue weighted by atomic mass is 32.2. The molecule has 0 nitrogen and oxygen atoms in total. The van der Waals surface area contributed by atoms with Crippen molar-refractivity contribution >= 4 is 11.8 Å². The van der Waals surface area contributed by atoms with Crippen molar-refractivity contribution in [3.8, 4) is 0 Å². The molecule has 0 atom stereocenters. The molecule has 0 aromatic rings. The van der Waals surface area contributed by atoms with Gasteiger partial charge in [0, 0.05) is 0 Å². The lowest BCUT2D eigenvalue weighted by atomic mass is 9.87. The van der Waals surface area contributed by atoms with Gasteiger partial charge >= 0.3 is 0 Å². The minimum absolute atomic E-state index is 1.23. The fourth-order valence-corrected chi connectivity index (χ4v) is 2.28. The first-order valence-corrected chi connectivity index (χ1v) is 6.19. The smallest absolute Gasteiger partial charge is 0.00644 e. The molecule has 1 rings (SSSR count). The second-order valence-electron chi connectivity index (χ2n) is 3.72. The largest absolute Gasteiger partial charge is 0.165 e. The van der Waals surface area contributed by atoms with E-state index in [-0.39, 0.29) is 0 Å². The molecule has 0 unspecified atom stereocenters. The van der Waals surface area contributed by atoms with Gasteiger partial charge in [-0.1, -0.05) is 27.7 Å². The van der Waals surface area contributed by atoms with Crippen molar-refractivity contribution in [2.24, 2.45) is 0 Å². The molecule has 1 heteroatoms. The maximum Gasteiger partial charge on any atom is -0.00644 e. The van der Waals surface area contributed by atoms with Gasteiger partial charge in [-0.3, -0.25) is 0 Å². The summed E-state index contributed by atoms with van der Waals surface area (Å²) in [5.74, 6) is 8.85. The molecule has 1 saturated carbocycles. The molecular formula is C12H19S. The Morgan fingerprint density at radius 1 is 0.846 bits per heavy atom. The number of thioether (sulfide) groups is 1. The van der Waals surface area contributed by atoms with Crippen LogP contribution in [0.2, 0.25) is 0 Å². The van der Waals surface area contributed by atoms with E-state index in [1.807, 2.05) is 11.8 Å². The van der Waals surface area contributed by atoms with Crippen LogP contribution in [0.3, 0.4) is 0 Å². The van der Waals surface area contributed by atoms with Gasteiger partial charge < -0.3 is 0 Å². The van der Waals surface area contributed by atoms with Crippen LogP contribution in [0.25, 0.3) is 0 Å².